The first-order valence-electron chi connectivity index (χ1n) is 4.52. The van der Waals surface area contributed by atoms with E-state index in [-0.39, 0.29) is 5.82 Å². The fraction of sp³-hybridized carbons (Fsp3) is 0.500. The van der Waals surface area contributed by atoms with Crippen LogP contribution >= 0.6 is 0 Å². The van der Waals surface area contributed by atoms with Gasteiger partial charge in [-0.15, -0.1) is 0 Å². The van der Waals surface area contributed by atoms with Gasteiger partial charge in [-0.25, -0.2) is 4.39 Å². The van der Waals surface area contributed by atoms with Crippen LogP contribution in [0.3, 0.4) is 0 Å². The van der Waals surface area contributed by atoms with E-state index >= 15 is 0 Å². The first kappa shape index (κ1) is 9.55. The molecule has 76 valence electrons. The van der Waals surface area contributed by atoms with Gasteiger partial charge in [-0.05, 0) is 12.1 Å². The molecule has 1 aromatic rings. The van der Waals surface area contributed by atoms with E-state index < -0.39 is 5.60 Å². The van der Waals surface area contributed by atoms with E-state index in [1.165, 1.54) is 12.3 Å². The van der Waals surface area contributed by atoms with Crippen molar-refractivity contribution >= 4 is 0 Å². The lowest BCUT2D eigenvalue weighted by Crippen LogP contribution is -2.45. The molecule has 1 saturated heterocycles. The predicted octanol–water partition coefficient (Wildman–Crippen LogP) is 1.48. The Labute approximate surface area is 81.9 Å². The molecule has 1 fully saturated rings. The highest BCUT2D eigenvalue weighted by atomic mass is 19.1. The summed E-state index contributed by atoms with van der Waals surface area (Å²) < 4.78 is 23.2. The fourth-order valence-electron chi connectivity index (χ4n) is 1.62. The summed E-state index contributed by atoms with van der Waals surface area (Å²) in [6, 6.07) is 3.04. The fourth-order valence-corrected chi connectivity index (χ4v) is 1.62. The number of nitrogens with zero attached hydrogens (tertiary/aromatic N) is 1. The number of methoxy groups -OCH3 is 1. The van der Waals surface area contributed by atoms with Crippen LogP contribution in [0.5, 0.6) is 0 Å². The zero-order valence-electron chi connectivity index (χ0n) is 8.00. The summed E-state index contributed by atoms with van der Waals surface area (Å²) in [4.78, 5) is 4.01. The van der Waals surface area contributed by atoms with Gasteiger partial charge in [-0.2, -0.15) is 0 Å². The van der Waals surface area contributed by atoms with E-state index in [0.717, 1.165) is 12.1 Å². The molecule has 0 aliphatic carbocycles. The Balaban J connectivity index is 2.23. The molecule has 0 radical (unpaired) electrons. The summed E-state index contributed by atoms with van der Waals surface area (Å²) in [5.74, 6) is -0.333. The molecule has 0 saturated carbocycles. The summed E-state index contributed by atoms with van der Waals surface area (Å²) in [6.45, 7) is 1.17. The lowest BCUT2D eigenvalue weighted by Gasteiger charge is -2.40. The van der Waals surface area contributed by atoms with Crippen LogP contribution in [0.15, 0.2) is 18.3 Å². The Hall–Kier alpha value is -1.00. The smallest absolute Gasteiger partial charge is 0.141 e. The maximum Gasteiger partial charge on any atom is 0.141 e. The van der Waals surface area contributed by atoms with Crippen molar-refractivity contribution in [1.29, 1.82) is 0 Å². The van der Waals surface area contributed by atoms with Gasteiger partial charge in [0.1, 0.15) is 11.4 Å². The Kier molecular flexibility index (Phi) is 2.48. The molecule has 2 heterocycles. The van der Waals surface area contributed by atoms with E-state index in [0.29, 0.717) is 13.2 Å². The molecule has 0 N–H and O–H groups in total. The van der Waals surface area contributed by atoms with Crippen LogP contribution in [0.25, 0.3) is 0 Å². The summed E-state index contributed by atoms with van der Waals surface area (Å²) in [6.07, 6.45) is 2.08. The van der Waals surface area contributed by atoms with Gasteiger partial charge in [-0.1, -0.05) is 0 Å². The molecule has 4 heteroatoms. The summed E-state index contributed by atoms with van der Waals surface area (Å²) >= 11 is 0. The van der Waals surface area contributed by atoms with Crippen LogP contribution in [-0.4, -0.2) is 25.3 Å². The molecule has 1 unspecified atom stereocenters. The Morgan fingerprint density at radius 2 is 2.43 bits per heavy atom. The number of ether oxygens (including phenoxy) is 2. The third-order valence-electron chi connectivity index (χ3n) is 2.46. The number of hydrogen-bond acceptors (Lipinski definition) is 3. The van der Waals surface area contributed by atoms with Crippen molar-refractivity contribution in [2.24, 2.45) is 0 Å². The van der Waals surface area contributed by atoms with Crippen LogP contribution < -0.4 is 0 Å². The van der Waals surface area contributed by atoms with Crippen molar-refractivity contribution in [2.45, 2.75) is 12.0 Å². The maximum atomic E-state index is 12.6. The molecule has 0 aromatic carbocycles. The van der Waals surface area contributed by atoms with Crippen LogP contribution in [0.2, 0.25) is 0 Å². The van der Waals surface area contributed by atoms with Gasteiger partial charge in [0.05, 0.1) is 25.1 Å². The SMILES string of the molecule is COCC1(c2ccc(F)cn2)CCO1. The summed E-state index contributed by atoms with van der Waals surface area (Å²) in [5.41, 5.74) is 0.301. The topological polar surface area (TPSA) is 31.4 Å². The van der Waals surface area contributed by atoms with Crippen molar-refractivity contribution < 1.29 is 13.9 Å². The molecule has 1 aromatic heterocycles. The van der Waals surface area contributed by atoms with E-state index in [2.05, 4.69) is 4.98 Å². The molecule has 0 bridgehead atoms. The summed E-state index contributed by atoms with van der Waals surface area (Å²) in [7, 11) is 1.62. The monoisotopic (exact) mass is 197 g/mol. The zero-order valence-corrected chi connectivity index (χ0v) is 8.00. The Bertz CT molecular complexity index is 308. The second kappa shape index (κ2) is 3.63. The highest BCUT2D eigenvalue weighted by molar-refractivity contribution is 5.16. The zero-order chi connectivity index (χ0) is 10.0. The number of halogens is 1. The third kappa shape index (κ3) is 1.51. The van der Waals surface area contributed by atoms with Crippen molar-refractivity contribution in [1.82, 2.24) is 4.98 Å². The first-order valence-corrected chi connectivity index (χ1v) is 4.52. The quantitative estimate of drug-likeness (QED) is 0.735. The van der Waals surface area contributed by atoms with Crippen LogP contribution in [0.4, 0.5) is 4.39 Å². The molecule has 14 heavy (non-hydrogen) atoms. The van der Waals surface area contributed by atoms with Crippen molar-refractivity contribution in [3.63, 3.8) is 0 Å². The number of pyridine rings is 1. The lowest BCUT2D eigenvalue weighted by atomic mass is 9.91. The molecule has 0 spiro atoms. The van der Waals surface area contributed by atoms with Crippen molar-refractivity contribution in [3.8, 4) is 0 Å². The second-order valence-electron chi connectivity index (χ2n) is 3.39. The number of rotatable bonds is 3. The molecule has 1 aliphatic rings. The first-order chi connectivity index (χ1) is 6.77. The van der Waals surface area contributed by atoms with Crippen LogP contribution in [0, 0.1) is 5.82 Å². The molecule has 1 atom stereocenters. The predicted molar refractivity (Wildman–Crippen MR) is 48.3 cm³/mol. The van der Waals surface area contributed by atoms with Crippen LogP contribution in [0.1, 0.15) is 12.1 Å². The van der Waals surface area contributed by atoms with Gasteiger partial charge in [0, 0.05) is 13.5 Å². The van der Waals surface area contributed by atoms with E-state index in [1.54, 1.807) is 13.2 Å². The third-order valence-corrected chi connectivity index (χ3v) is 2.46. The Morgan fingerprint density at radius 3 is 2.86 bits per heavy atom. The average Bonchev–Trinajstić information content (AvgIpc) is 2.13. The number of hydrogen-bond donors (Lipinski definition) is 0. The van der Waals surface area contributed by atoms with E-state index in [4.69, 9.17) is 9.47 Å². The standard InChI is InChI=1S/C10H12FNO2/c1-13-7-10(4-5-14-10)9-3-2-8(11)6-12-9/h2-3,6H,4-5,7H2,1H3. The number of aromatic nitrogens is 1. The highest BCUT2D eigenvalue weighted by Gasteiger charge is 2.41. The van der Waals surface area contributed by atoms with Gasteiger partial charge >= 0.3 is 0 Å². The van der Waals surface area contributed by atoms with Gasteiger partial charge in [0.25, 0.3) is 0 Å². The lowest BCUT2D eigenvalue weighted by molar-refractivity contribution is -0.185. The summed E-state index contributed by atoms with van der Waals surface area (Å²) in [5, 5.41) is 0. The molecular weight excluding hydrogens is 185 g/mol. The molecule has 1 aliphatic heterocycles. The van der Waals surface area contributed by atoms with Crippen LogP contribution in [-0.2, 0) is 15.1 Å². The minimum Gasteiger partial charge on any atom is -0.381 e. The minimum atomic E-state index is -0.442. The maximum absolute atomic E-state index is 12.6. The van der Waals surface area contributed by atoms with E-state index in [1.807, 2.05) is 0 Å². The van der Waals surface area contributed by atoms with Gasteiger partial charge < -0.3 is 9.47 Å². The highest BCUT2D eigenvalue weighted by Crippen LogP contribution is 2.36. The minimum absolute atomic E-state index is 0.333. The normalized spacial score (nSPS) is 25.9. The largest absolute Gasteiger partial charge is 0.381 e. The van der Waals surface area contributed by atoms with Gasteiger partial charge in [0.2, 0.25) is 0 Å². The molecule has 0 amide bonds. The van der Waals surface area contributed by atoms with Crippen molar-refractivity contribution in [2.75, 3.05) is 20.3 Å². The van der Waals surface area contributed by atoms with Crippen molar-refractivity contribution in [3.05, 3.63) is 29.8 Å². The second-order valence-corrected chi connectivity index (χ2v) is 3.39. The Morgan fingerprint density at radius 1 is 1.64 bits per heavy atom. The average molecular weight is 197 g/mol. The molecule has 2 rings (SSSR count). The van der Waals surface area contributed by atoms with E-state index in [9.17, 15) is 4.39 Å². The molecule has 3 nitrogen and oxygen atoms in total. The van der Waals surface area contributed by atoms with Gasteiger partial charge in [0.15, 0.2) is 0 Å². The van der Waals surface area contributed by atoms with Gasteiger partial charge in [-0.3, -0.25) is 4.98 Å². The molecular formula is C10H12FNO2.